The molecule has 4 aromatic rings. The van der Waals surface area contributed by atoms with E-state index in [0.29, 0.717) is 19.4 Å². The number of nitrogens with one attached hydrogen (secondary N) is 1. The van der Waals surface area contributed by atoms with Crippen molar-refractivity contribution in [3.63, 3.8) is 0 Å². The smallest absolute Gasteiger partial charge is 0.220 e. The molecule has 0 aliphatic rings. The summed E-state index contributed by atoms with van der Waals surface area (Å²) >= 11 is 0. The second kappa shape index (κ2) is 9.92. The first-order valence-electron chi connectivity index (χ1n) is 10.4. The Morgan fingerprint density at radius 1 is 1.00 bits per heavy atom. The highest BCUT2D eigenvalue weighted by atomic mass is 19.1. The lowest BCUT2D eigenvalue weighted by Crippen LogP contribution is -2.23. The molecule has 0 aliphatic heterocycles. The molecule has 0 spiro atoms. The fraction of sp³-hybridized carbons (Fsp3) is 0.154. The lowest BCUT2D eigenvalue weighted by Gasteiger charge is -2.08. The summed E-state index contributed by atoms with van der Waals surface area (Å²) in [4.78, 5) is 12.3. The molecule has 0 radical (unpaired) electrons. The third kappa shape index (κ3) is 5.21. The summed E-state index contributed by atoms with van der Waals surface area (Å²) in [7, 11) is 1.62. The minimum Gasteiger partial charge on any atom is -0.497 e. The van der Waals surface area contributed by atoms with Crippen LogP contribution in [0.5, 0.6) is 5.75 Å². The average Bonchev–Trinajstić information content (AvgIpc) is 3.27. The molecule has 3 aromatic carbocycles. The number of hydrogen-bond acceptors (Lipinski definition) is 3. The van der Waals surface area contributed by atoms with Gasteiger partial charge in [0, 0.05) is 24.9 Å². The van der Waals surface area contributed by atoms with Gasteiger partial charge in [0.1, 0.15) is 11.6 Å². The van der Waals surface area contributed by atoms with Gasteiger partial charge in [-0.2, -0.15) is 5.10 Å². The van der Waals surface area contributed by atoms with Crippen molar-refractivity contribution >= 4 is 5.91 Å². The number of methoxy groups -OCH3 is 1. The molecular weight excluding hydrogens is 405 g/mol. The van der Waals surface area contributed by atoms with Gasteiger partial charge in [0.25, 0.3) is 0 Å². The zero-order valence-corrected chi connectivity index (χ0v) is 17.8. The number of benzene rings is 3. The Balaban J connectivity index is 1.52. The topological polar surface area (TPSA) is 56.2 Å². The molecule has 4 rings (SSSR count). The first-order valence-corrected chi connectivity index (χ1v) is 10.4. The summed E-state index contributed by atoms with van der Waals surface area (Å²) < 4.78 is 20.5. The molecule has 0 bridgehead atoms. The summed E-state index contributed by atoms with van der Waals surface area (Å²) in [6, 6.07) is 25.6. The van der Waals surface area contributed by atoms with E-state index >= 15 is 0 Å². The van der Waals surface area contributed by atoms with Crippen LogP contribution in [0.15, 0.2) is 84.9 Å². The number of halogens is 1. The van der Waals surface area contributed by atoms with Crippen molar-refractivity contribution in [2.24, 2.45) is 0 Å². The van der Waals surface area contributed by atoms with E-state index in [0.717, 1.165) is 34.0 Å². The van der Waals surface area contributed by atoms with Gasteiger partial charge >= 0.3 is 0 Å². The van der Waals surface area contributed by atoms with Crippen LogP contribution >= 0.6 is 0 Å². The molecule has 0 saturated carbocycles. The number of hydrogen-bond donors (Lipinski definition) is 1. The van der Waals surface area contributed by atoms with E-state index in [9.17, 15) is 9.18 Å². The molecule has 1 heterocycles. The van der Waals surface area contributed by atoms with Crippen LogP contribution in [0.4, 0.5) is 4.39 Å². The first-order chi connectivity index (χ1) is 15.6. The normalized spacial score (nSPS) is 10.7. The van der Waals surface area contributed by atoms with Gasteiger partial charge in [-0.1, -0.05) is 30.3 Å². The van der Waals surface area contributed by atoms with E-state index in [2.05, 4.69) is 5.32 Å². The summed E-state index contributed by atoms with van der Waals surface area (Å²) in [5, 5.41) is 7.67. The fourth-order valence-corrected chi connectivity index (χ4v) is 3.43. The molecule has 162 valence electrons. The predicted molar refractivity (Wildman–Crippen MR) is 122 cm³/mol. The lowest BCUT2D eigenvalue weighted by molar-refractivity contribution is -0.121. The molecule has 0 atom stereocenters. The molecule has 6 heteroatoms. The van der Waals surface area contributed by atoms with Crippen LogP contribution in [-0.4, -0.2) is 22.8 Å². The standard InChI is InChI=1S/C26H24FN3O2/c1-32-24-14-12-23(13-15-24)30-25(20-7-9-21(27)10-8-20)17-22(29-30)11-16-26(31)28-18-19-5-3-2-4-6-19/h2-10,12-15,17H,11,16,18H2,1H3,(H,28,31). The number of rotatable bonds is 8. The number of amides is 1. The van der Waals surface area contributed by atoms with Crippen molar-refractivity contribution in [2.75, 3.05) is 7.11 Å². The van der Waals surface area contributed by atoms with Crippen molar-refractivity contribution in [3.05, 3.63) is 102 Å². The van der Waals surface area contributed by atoms with Crippen LogP contribution < -0.4 is 10.1 Å². The highest BCUT2D eigenvalue weighted by molar-refractivity contribution is 5.76. The van der Waals surface area contributed by atoms with Gasteiger partial charge in [-0.3, -0.25) is 4.79 Å². The van der Waals surface area contributed by atoms with Crippen molar-refractivity contribution in [2.45, 2.75) is 19.4 Å². The van der Waals surface area contributed by atoms with Gasteiger partial charge in [0.05, 0.1) is 24.2 Å². The van der Waals surface area contributed by atoms with E-state index in [4.69, 9.17) is 9.84 Å². The van der Waals surface area contributed by atoms with Gasteiger partial charge in [-0.25, -0.2) is 9.07 Å². The van der Waals surface area contributed by atoms with Crippen molar-refractivity contribution < 1.29 is 13.9 Å². The zero-order valence-electron chi connectivity index (χ0n) is 17.8. The first kappa shape index (κ1) is 21.3. The summed E-state index contributed by atoms with van der Waals surface area (Å²) in [6.45, 7) is 0.501. The zero-order chi connectivity index (χ0) is 22.3. The number of aryl methyl sites for hydroxylation is 1. The van der Waals surface area contributed by atoms with Crippen molar-refractivity contribution in [1.82, 2.24) is 15.1 Å². The highest BCUT2D eigenvalue weighted by Crippen LogP contribution is 2.26. The second-order valence-corrected chi connectivity index (χ2v) is 7.40. The molecular formula is C26H24FN3O2. The number of carbonyl (C=O) groups excluding carboxylic acids is 1. The van der Waals surface area contributed by atoms with E-state index in [1.165, 1.54) is 12.1 Å². The van der Waals surface area contributed by atoms with Crippen LogP contribution in [0, 0.1) is 5.82 Å². The minimum absolute atomic E-state index is 0.0313. The summed E-state index contributed by atoms with van der Waals surface area (Å²) in [5.41, 5.74) is 4.37. The van der Waals surface area contributed by atoms with Crippen LogP contribution in [0.25, 0.3) is 16.9 Å². The Hall–Kier alpha value is -3.93. The number of carbonyl (C=O) groups is 1. The number of aromatic nitrogens is 2. The molecule has 32 heavy (non-hydrogen) atoms. The molecule has 1 amide bonds. The maximum absolute atomic E-state index is 13.4. The number of nitrogens with zero attached hydrogens (tertiary/aromatic N) is 2. The molecule has 0 fully saturated rings. The third-order valence-corrected chi connectivity index (χ3v) is 5.16. The second-order valence-electron chi connectivity index (χ2n) is 7.40. The summed E-state index contributed by atoms with van der Waals surface area (Å²) in [6.07, 6.45) is 0.827. The monoisotopic (exact) mass is 429 g/mol. The Bertz CT molecular complexity index is 1170. The average molecular weight is 429 g/mol. The molecule has 1 aromatic heterocycles. The lowest BCUT2D eigenvalue weighted by atomic mass is 10.1. The fourth-order valence-electron chi connectivity index (χ4n) is 3.43. The van der Waals surface area contributed by atoms with Crippen LogP contribution in [0.2, 0.25) is 0 Å². The van der Waals surface area contributed by atoms with Gasteiger partial charge in [0.15, 0.2) is 0 Å². The number of ether oxygens (including phenoxy) is 1. The molecule has 0 unspecified atom stereocenters. The third-order valence-electron chi connectivity index (χ3n) is 5.16. The Labute approximate surface area is 186 Å². The van der Waals surface area contributed by atoms with Crippen molar-refractivity contribution in [1.29, 1.82) is 0 Å². The minimum atomic E-state index is -0.292. The van der Waals surface area contributed by atoms with E-state index in [1.807, 2.05) is 65.3 Å². The van der Waals surface area contributed by atoms with Gasteiger partial charge in [0.2, 0.25) is 5.91 Å². The molecule has 0 aliphatic carbocycles. The largest absolute Gasteiger partial charge is 0.497 e. The Kier molecular flexibility index (Phi) is 6.60. The van der Waals surface area contributed by atoms with Crippen LogP contribution in [0.1, 0.15) is 17.7 Å². The molecule has 0 saturated heterocycles. The Morgan fingerprint density at radius 3 is 2.41 bits per heavy atom. The van der Waals surface area contributed by atoms with E-state index in [-0.39, 0.29) is 11.7 Å². The van der Waals surface area contributed by atoms with E-state index < -0.39 is 0 Å². The Morgan fingerprint density at radius 2 is 1.72 bits per heavy atom. The van der Waals surface area contributed by atoms with Gasteiger partial charge in [-0.15, -0.1) is 0 Å². The molecule has 1 N–H and O–H groups in total. The van der Waals surface area contributed by atoms with Gasteiger partial charge < -0.3 is 10.1 Å². The quantitative estimate of drug-likeness (QED) is 0.432. The van der Waals surface area contributed by atoms with Crippen LogP contribution in [-0.2, 0) is 17.8 Å². The summed E-state index contributed by atoms with van der Waals surface area (Å²) in [5.74, 6) is 0.426. The SMILES string of the molecule is COc1ccc(-n2nc(CCC(=O)NCc3ccccc3)cc2-c2ccc(F)cc2)cc1. The van der Waals surface area contributed by atoms with Crippen LogP contribution in [0.3, 0.4) is 0 Å². The predicted octanol–water partition coefficient (Wildman–Crippen LogP) is 4.94. The van der Waals surface area contributed by atoms with Crippen molar-refractivity contribution in [3.8, 4) is 22.7 Å². The van der Waals surface area contributed by atoms with E-state index in [1.54, 1.807) is 19.2 Å². The van der Waals surface area contributed by atoms with Gasteiger partial charge in [-0.05, 0) is 60.2 Å². The maximum Gasteiger partial charge on any atom is 0.220 e. The maximum atomic E-state index is 13.4. The highest BCUT2D eigenvalue weighted by Gasteiger charge is 2.13. The molecule has 5 nitrogen and oxygen atoms in total.